The number of aromatic nitrogens is 2. The summed E-state index contributed by atoms with van der Waals surface area (Å²) in [6.45, 7) is 4.04. The third-order valence-corrected chi connectivity index (χ3v) is 5.26. The number of aromatic amines is 1. The van der Waals surface area contributed by atoms with Gasteiger partial charge in [-0.3, -0.25) is 14.4 Å². The van der Waals surface area contributed by atoms with Crippen LogP contribution < -0.4 is 16.2 Å². The second-order valence-corrected chi connectivity index (χ2v) is 7.58. The molecule has 1 aromatic heterocycles. The number of nitrogens with one attached hydrogen (secondary N) is 3. The number of anilines is 2. The number of amides is 2. The maximum Gasteiger partial charge on any atom is 0.257 e. The fraction of sp³-hybridized carbons (Fsp3) is 0.368. The number of thioether (sulfide) groups is 1. The molecule has 8 heteroatoms. The van der Waals surface area contributed by atoms with Crippen LogP contribution in [0.3, 0.4) is 0 Å². The van der Waals surface area contributed by atoms with Crippen molar-refractivity contribution in [3.63, 3.8) is 0 Å². The number of nitrogens with zero attached hydrogens (tertiary/aromatic N) is 1. The number of unbranched alkanes of at least 4 members (excludes halogenated alkanes) is 1. The zero-order valence-corrected chi connectivity index (χ0v) is 16.1. The summed E-state index contributed by atoms with van der Waals surface area (Å²) >= 11 is 1.43. The molecule has 0 aliphatic carbocycles. The van der Waals surface area contributed by atoms with Crippen molar-refractivity contribution >= 4 is 35.1 Å². The van der Waals surface area contributed by atoms with E-state index in [-0.39, 0.29) is 29.3 Å². The monoisotopic (exact) mass is 386 g/mol. The van der Waals surface area contributed by atoms with Gasteiger partial charge in [0.2, 0.25) is 11.8 Å². The lowest BCUT2D eigenvalue weighted by molar-refractivity contribution is -0.123. The molecule has 1 aliphatic rings. The number of carbonyl (C=O) groups excluding carboxylic acids is 2. The van der Waals surface area contributed by atoms with Crippen LogP contribution in [0, 0.1) is 6.92 Å². The van der Waals surface area contributed by atoms with Gasteiger partial charge in [-0.25, -0.2) is 4.98 Å². The van der Waals surface area contributed by atoms with Crippen molar-refractivity contribution < 1.29 is 9.59 Å². The lowest BCUT2D eigenvalue weighted by atomic mass is 9.92. The van der Waals surface area contributed by atoms with Crippen LogP contribution in [-0.4, -0.2) is 27.5 Å². The molecule has 1 atom stereocenters. The molecule has 1 aliphatic heterocycles. The second-order valence-electron chi connectivity index (χ2n) is 6.50. The minimum Gasteiger partial charge on any atom is -0.326 e. The highest BCUT2D eigenvalue weighted by Crippen LogP contribution is 2.30. The van der Waals surface area contributed by atoms with Crippen LogP contribution in [0.4, 0.5) is 11.5 Å². The number of hydrogen-bond acceptors (Lipinski definition) is 5. The van der Waals surface area contributed by atoms with Crippen molar-refractivity contribution in [2.45, 2.75) is 44.2 Å². The Morgan fingerprint density at radius 3 is 2.74 bits per heavy atom. The summed E-state index contributed by atoms with van der Waals surface area (Å²) in [6.07, 6.45) is 1.96. The molecule has 0 fully saturated rings. The molecule has 142 valence electrons. The summed E-state index contributed by atoms with van der Waals surface area (Å²) in [5.41, 5.74) is 1.51. The van der Waals surface area contributed by atoms with E-state index in [4.69, 9.17) is 0 Å². The van der Waals surface area contributed by atoms with Crippen molar-refractivity contribution in [2.75, 3.05) is 16.4 Å². The van der Waals surface area contributed by atoms with Crippen LogP contribution >= 0.6 is 11.8 Å². The highest BCUT2D eigenvalue weighted by atomic mass is 32.2. The second kappa shape index (κ2) is 8.39. The summed E-state index contributed by atoms with van der Waals surface area (Å²) in [5.74, 6) is -0.592. The minimum absolute atomic E-state index is 0.0855. The number of benzene rings is 1. The van der Waals surface area contributed by atoms with E-state index in [0.717, 1.165) is 24.2 Å². The third kappa shape index (κ3) is 4.57. The highest BCUT2D eigenvalue weighted by molar-refractivity contribution is 7.99. The minimum atomic E-state index is -0.874. The molecule has 7 nitrogen and oxygen atoms in total. The van der Waals surface area contributed by atoms with E-state index in [1.807, 2.05) is 19.1 Å². The third-order valence-electron chi connectivity index (χ3n) is 4.30. The van der Waals surface area contributed by atoms with Gasteiger partial charge in [-0.15, -0.1) is 0 Å². The number of hydrogen-bond donors (Lipinski definition) is 3. The van der Waals surface area contributed by atoms with Gasteiger partial charge in [-0.05, 0) is 25.5 Å². The van der Waals surface area contributed by atoms with Crippen LogP contribution in [0.1, 0.15) is 43.2 Å². The van der Waals surface area contributed by atoms with Gasteiger partial charge in [-0.2, -0.15) is 0 Å². The number of rotatable bonds is 6. The van der Waals surface area contributed by atoms with Gasteiger partial charge in [0.25, 0.3) is 5.56 Å². The Bertz CT molecular complexity index is 908. The van der Waals surface area contributed by atoms with E-state index in [1.54, 1.807) is 12.1 Å². The quantitative estimate of drug-likeness (QED) is 0.402. The molecule has 0 saturated heterocycles. The van der Waals surface area contributed by atoms with Gasteiger partial charge in [0, 0.05) is 17.9 Å². The molecule has 0 saturated carbocycles. The molecule has 0 bridgehead atoms. The van der Waals surface area contributed by atoms with E-state index in [9.17, 15) is 14.4 Å². The lowest BCUT2D eigenvalue weighted by Gasteiger charge is -2.23. The Balaban J connectivity index is 1.86. The van der Waals surface area contributed by atoms with Crippen molar-refractivity contribution in [3.05, 3.63) is 45.7 Å². The molecule has 0 unspecified atom stereocenters. The van der Waals surface area contributed by atoms with Gasteiger partial charge in [0.05, 0.1) is 11.5 Å². The van der Waals surface area contributed by atoms with Gasteiger partial charge in [0.1, 0.15) is 5.82 Å². The van der Waals surface area contributed by atoms with Crippen LogP contribution in [0.25, 0.3) is 0 Å². The maximum atomic E-state index is 12.7. The first-order valence-electron chi connectivity index (χ1n) is 8.92. The summed E-state index contributed by atoms with van der Waals surface area (Å²) in [4.78, 5) is 44.5. The predicted molar refractivity (Wildman–Crippen MR) is 106 cm³/mol. The average molecular weight is 386 g/mol. The topological polar surface area (TPSA) is 104 Å². The Labute approximate surface area is 161 Å². The van der Waals surface area contributed by atoms with E-state index in [0.29, 0.717) is 10.8 Å². The van der Waals surface area contributed by atoms with Crippen LogP contribution in [0.5, 0.6) is 0 Å². The van der Waals surface area contributed by atoms with E-state index < -0.39 is 11.8 Å². The molecule has 27 heavy (non-hydrogen) atoms. The van der Waals surface area contributed by atoms with Crippen molar-refractivity contribution in [1.29, 1.82) is 0 Å². The largest absolute Gasteiger partial charge is 0.326 e. The lowest BCUT2D eigenvalue weighted by Crippen LogP contribution is -2.36. The Morgan fingerprint density at radius 1 is 1.30 bits per heavy atom. The smallest absolute Gasteiger partial charge is 0.257 e. The van der Waals surface area contributed by atoms with Gasteiger partial charge in [0.15, 0.2) is 5.16 Å². The highest BCUT2D eigenvalue weighted by Gasteiger charge is 2.34. The Hall–Kier alpha value is -2.61. The maximum absolute atomic E-state index is 12.7. The molecule has 3 rings (SSSR count). The van der Waals surface area contributed by atoms with Gasteiger partial charge in [-0.1, -0.05) is 42.8 Å². The SMILES string of the molecule is CCCCSc1nc2c(c(=O)[nH]1)[C@@H](C(=O)Nc1ccc(C)cc1)CC(=O)N2. The molecule has 2 heterocycles. The molecule has 0 spiro atoms. The summed E-state index contributed by atoms with van der Waals surface area (Å²) < 4.78 is 0. The number of H-pyrrole nitrogens is 1. The summed E-state index contributed by atoms with van der Waals surface area (Å²) in [5, 5.41) is 5.85. The molecule has 3 N–H and O–H groups in total. The van der Waals surface area contributed by atoms with Crippen LogP contribution in [-0.2, 0) is 9.59 Å². The van der Waals surface area contributed by atoms with Crippen LogP contribution in [0.2, 0.25) is 0 Å². The first kappa shape index (κ1) is 19.2. The molecular formula is C19H22N4O3S. The van der Waals surface area contributed by atoms with Crippen molar-refractivity contribution in [3.8, 4) is 0 Å². The van der Waals surface area contributed by atoms with E-state index in [1.165, 1.54) is 11.8 Å². The Morgan fingerprint density at radius 2 is 2.04 bits per heavy atom. The summed E-state index contributed by atoms with van der Waals surface area (Å²) in [6, 6.07) is 7.33. The van der Waals surface area contributed by atoms with Crippen LogP contribution in [0.15, 0.2) is 34.2 Å². The number of carbonyl (C=O) groups is 2. The first-order chi connectivity index (χ1) is 13.0. The van der Waals surface area contributed by atoms with E-state index in [2.05, 4.69) is 27.5 Å². The van der Waals surface area contributed by atoms with Crippen molar-refractivity contribution in [2.24, 2.45) is 0 Å². The fourth-order valence-electron chi connectivity index (χ4n) is 2.82. The average Bonchev–Trinajstić information content (AvgIpc) is 2.63. The fourth-order valence-corrected chi connectivity index (χ4v) is 3.77. The Kier molecular flexibility index (Phi) is 5.95. The van der Waals surface area contributed by atoms with Crippen molar-refractivity contribution in [1.82, 2.24) is 9.97 Å². The van der Waals surface area contributed by atoms with E-state index >= 15 is 0 Å². The first-order valence-corrected chi connectivity index (χ1v) is 9.91. The normalized spacial score (nSPS) is 15.8. The standard InChI is InChI=1S/C19H22N4O3S/c1-3-4-9-27-19-22-16-15(18(26)23-19)13(10-14(24)21-16)17(25)20-12-7-5-11(2)6-8-12/h5-8,13H,3-4,9-10H2,1-2H3,(H,20,25)(H2,21,22,23,24,26)/t13-/m0/s1. The number of fused-ring (bicyclic) bond motifs is 1. The predicted octanol–water partition coefficient (Wildman–Crippen LogP) is 3.04. The molecule has 0 radical (unpaired) electrons. The van der Waals surface area contributed by atoms with Gasteiger partial charge < -0.3 is 15.6 Å². The zero-order valence-electron chi connectivity index (χ0n) is 15.3. The van der Waals surface area contributed by atoms with Gasteiger partial charge >= 0.3 is 0 Å². The molecule has 2 aromatic rings. The summed E-state index contributed by atoms with van der Waals surface area (Å²) in [7, 11) is 0. The molecule has 1 aromatic carbocycles. The molecular weight excluding hydrogens is 364 g/mol. The molecule has 2 amide bonds. The zero-order chi connectivity index (χ0) is 19.4. The number of aryl methyl sites for hydroxylation is 1.